The zero-order valence-electron chi connectivity index (χ0n) is 19.7. The van der Waals surface area contributed by atoms with Crippen LogP contribution in [0.25, 0.3) is 0 Å². The van der Waals surface area contributed by atoms with Gasteiger partial charge in [0.2, 0.25) is 0 Å². The summed E-state index contributed by atoms with van der Waals surface area (Å²) in [6.45, 7) is 14.3. The Morgan fingerprint density at radius 2 is 1.74 bits per heavy atom. The number of rotatable bonds is 7. The summed E-state index contributed by atoms with van der Waals surface area (Å²) in [7, 11) is 0. The Kier molecular flexibility index (Phi) is 7.88. The van der Waals surface area contributed by atoms with Crippen molar-refractivity contribution in [3.05, 3.63) is 52.5 Å². The van der Waals surface area contributed by atoms with Crippen LogP contribution in [0.5, 0.6) is 0 Å². The number of nitrogens with one attached hydrogen (secondary N) is 1. The molecule has 31 heavy (non-hydrogen) atoms. The molecule has 0 spiro atoms. The molecule has 2 aromatic rings. The molecule has 2 amide bonds. The maximum absolute atomic E-state index is 12.2. The van der Waals surface area contributed by atoms with Crippen LogP contribution in [0, 0.1) is 12.8 Å². The maximum Gasteiger partial charge on any atom is 0.317 e. The van der Waals surface area contributed by atoms with E-state index >= 15 is 0 Å². The third kappa shape index (κ3) is 5.96. The fourth-order valence-electron chi connectivity index (χ4n) is 4.05. The molecular weight excluding hydrogens is 386 g/mol. The number of aromatic nitrogens is 2. The van der Waals surface area contributed by atoms with Crippen molar-refractivity contribution in [3.63, 3.8) is 0 Å². The van der Waals surface area contributed by atoms with E-state index in [-0.39, 0.29) is 6.03 Å². The van der Waals surface area contributed by atoms with Crippen molar-refractivity contribution in [2.75, 3.05) is 37.6 Å². The number of nitrogens with zero attached hydrogens (tertiary/aromatic N) is 4. The van der Waals surface area contributed by atoms with E-state index in [0.29, 0.717) is 25.6 Å². The SMILES string of the molecule is CCNC(=O)N1CCN(c2nc(CC(C)C)nc(CC)c2Cc2ccc(C)cc2)CC1. The summed E-state index contributed by atoms with van der Waals surface area (Å²) in [4.78, 5) is 26.5. The van der Waals surface area contributed by atoms with Crippen LogP contribution in [0.15, 0.2) is 24.3 Å². The molecule has 0 unspecified atom stereocenters. The van der Waals surface area contributed by atoms with E-state index in [9.17, 15) is 4.79 Å². The largest absolute Gasteiger partial charge is 0.353 e. The monoisotopic (exact) mass is 423 g/mol. The second kappa shape index (κ2) is 10.6. The summed E-state index contributed by atoms with van der Waals surface area (Å²) >= 11 is 0. The number of carbonyl (C=O) groups excluding carboxylic acids is 1. The number of hydrogen-bond donors (Lipinski definition) is 1. The quantitative estimate of drug-likeness (QED) is 0.732. The number of piperazine rings is 1. The minimum absolute atomic E-state index is 0.0273. The molecule has 0 atom stereocenters. The van der Waals surface area contributed by atoms with Crippen LogP contribution in [0.1, 0.15) is 55.9 Å². The van der Waals surface area contributed by atoms with Crippen LogP contribution < -0.4 is 10.2 Å². The van der Waals surface area contributed by atoms with Gasteiger partial charge in [-0.1, -0.05) is 50.6 Å². The minimum Gasteiger partial charge on any atom is -0.353 e. The molecule has 168 valence electrons. The van der Waals surface area contributed by atoms with E-state index in [4.69, 9.17) is 9.97 Å². The second-order valence-corrected chi connectivity index (χ2v) is 8.81. The third-order valence-corrected chi connectivity index (χ3v) is 5.74. The molecule has 0 radical (unpaired) electrons. The predicted octanol–water partition coefficient (Wildman–Crippen LogP) is 3.99. The molecule has 1 N–H and O–H groups in total. The van der Waals surface area contributed by atoms with Crippen molar-refractivity contribution < 1.29 is 4.79 Å². The molecule has 0 aliphatic carbocycles. The Bertz CT molecular complexity index is 870. The van der Waals surface area contributed by atoms with Gasteiger partial charge in [-0.2, -0.15) is 0 Å². The smallest absolute Gasteiger partial charge is 0.317 e. The first-order chi connectivity index (χ1) is 14.9. The van der Waals surface area contributed by atoms with Crippen molar-refractivity contribution in [1.29, 1.82) is 0 Å². The lowest BCUT2D eigenvalue weighted by atomic mass is 10.00. The number of hydrogen-bond acceptors (Lipinski definition) is 4. The Hall–Kier alpha value is -2.63. The Balaban J connectivity index is 1.92. The molecule has 3 rings (SSSR count). The molecular formula is C25H37N5O. The standard InChI is InChI=1S/C25H37N5O/c1-6-22-21(17-20-10-8-19(5)9-11-20)24(28-23(27-22)16-18(3)4)29-12-14-30(15-13-29)25(31)26-7-2/h8-11,18H,6-7,12-17H2,1-5H3,(H,26,31). The van der Waals surface area contributed by atoms with E-state index in [0.717, 1.165) is 49.7 Å². The van der Waals surface area contributed by atoms with Crippen molar-refractivity contribution in [2.24, 2.45) is 5.92 Å². The number of carbonyl (C=O) groups is 1. The minimum atomic E-state index is 0.0273. The van der Waals surface area contributed by atoms with Crippen molar-refractivity contribution in [3.8, 4) is 0 Å². The van der Waals surface area contributed by atoms with Gasteiger partial charge in [-0.15, -0.1) is 0 Å². The molecule has 6 heteroatoms. The van der Waals surface area contributed by atoms with Crippen molar-refractivity contribution in [1.82, 2.24) is 20.2 Å². The Labute approximate surface area is 187 Å². The molecule has 1 aromatic carbocycles. The Morgan fingerprint density at radius 3 is 2.32 bits per heavy atom. The van der Waals surface area contributed by atoms with Gasteiger partial charge in [-0.05, 0) is 31.7 Å². The van der Waals surface area contributed by atoms with E-state index in [2.05, 4.69) is 62.2 Å². The normalized spacial score (nSPS) is 14.3. The summed E-state index contributed by atoms with van der Waals surface area (Å²) in [5.74, 6) is 2.49. The predicted molar refractivity (Wildman–Crippen MR) is 127 cm³/mol. The van der Waals surface area contributed by atoms with Crippen LogP contribution in [0.2, 0.25) is 0 Å². The third-order valence-electron chi connectivity index (χ3n) is 5.74. The molecule has 1 aliphatic rings. The molecule has 1 aromatic heterocycles. The number of benzene rings is 1. The van der Waals surface area contributed by atoms with Gasteiger partial charge < -0.3 is 15.1 Å². The first-order valence-corrected chi connectivity index (χ1v) is 11.6. The van der Waals surface area contributed by atoms with Crippen LogP contribution in [-0.2, 0) is 19.3 Å². The summed E-state index contributed by atoms with van der Waals surface area (Å²) < 4.78 is 0. The summed E-state index contributed by atoms with van der Waals surface area (Å²) in [5, 5.41) is 2.91. The molecule has 1 fully saturated rings. The van der Waals surface area contributed by atoms with Gasteiger partial charge in [0, 0.05) is 56.8 Å². The highest BCUT2D eigenvalue weighted by Crippen LogP contribution is 2.27. The zero-order valence-corrected chi connectivity index (χ0v) is 19.7. The van der Waals surface area contributed by atoms with Crippen LogP contribution in [0.4, 0.5) is 10.6 Å². The second-order valence-electron chi connectivity index (χ2n) is 8.81. The maximum atomic E-state index is 12.2. The van der Waals surface area contributed by atoms with Gasteiger partial charge in [0.05, 0.1) is 0 Å². The summed E-state index contributed by atoms with van der Waals surface area (Å²) in [5.41, 5.74) is 4.92. The molecule has 1 aliphatic heterocycles. The molecule has 0 bridgehead atoms. The molecule has 6 nitrogen and oxygen atoms in total. The topological polar surface area (TPSA) is 61.4 Å². The highest BCUT2D eigenvalue weighted by Gasteiger charge is 2.25. The fraction of sp³-hybridized carbons (Fsp3) is 0.560. The Morgan fingerprint density at radius 1 is 1.06 bits per heavy atom. The highest BCUT2D eigenvalue weighted by atomic mass is 16.2. The average Bonchev–Trinajstić information content (AvgIpc) is 2.76. The van der Waals surface area contributed by atoms with E-state index in [1.807, 2.05) is 11.8 Å². The molecule has 0 saturated carbocycles. The molecule has 2 heterocycles. The average molecular weight is 424 g/mol. The molecule has 1 saturated heterocycles. The van der Waals surface area contributed by atoms with Gasteiger partial charge in [0.15, 0.2) is 0 Å². The summed E-state index contributed by atoms with van der Waals surface area (Å²) in [6, 6.07) is 8.76. The lowest BCUT2D eigenvalue weighted by Crippen LogP contribution is -2.52. The fourth-order valence-corrected chi connectivity index (χ4v) is 4.05. The van der Waals surface area contributed by atoms with E-state index in [1.165, 1.54) is 16.7 Å². The first kappa shape index (κ1) is 23.0. The van der Waals surface area contributed by atoms with E-state index < -0.39 is 0 Å². The first-order valence-electron chi connectivity index (χ1n) is 11.6. The zero-order chi connectivity index (χ0) is 22.4. The van der Waals surface area contributed by atoms with Crippen molar-refractivity contribution >= 4 is 11.8 Å². The van der Waals surface area contributed by atoms with Crippen LogP contribution in [0.3, 0.4) is 0 Å². The number of aryl methyl sites for hydroxylation is 2. The van der Waals surface area contributed by atoms with E-state index in [1.54, 1.807) is 0 Å². The van der Waals surface area contributed by atoms with Gasteiger partial charge in [0.1, 0.15) is 11.6 Å². The lowest BCUT2D eigenvalue weighted by molar-refractivity contribution is 0.195. The van der Waals surface area contributed by atoms with Crippen LogP contribution in [-0.4, -0.2) is 53.6 Å². The summed E-state index contributed by atoms with van der Waals surface area (Å²) in [6.07, 6.45) is 2.60. The van der Waals surface area contributed by atoms with Crippen molar-refractivity contribution in [2.45, 2.75) is 53.9 Å². The number of anilines is 1. The number of amides is 2. The van der Waals surface area contributed by atoms with Gasteiger partial charge in [0.25, 0.3) is 0 Å². The van der Waals surface area contributed by atoms with Gasteiger partial charge >= 0.3 is 6.03 Å². The van der Waals surface area contributed by atoms with Gasteiger partial charge in [-0.25, -0.2) is 14.8 Å². The van der Waals surface area contributed by atoms with Crippen LogP contribution >= 0.6 is 0 Å². The number of urea groups is 1. The van der Waals surface area contributed by atoms with Gasteiger partial charge in [-0.3, -0.25) is 0 Å². The highest BCUT2D eigenvalue weighted by molar-refractivity contribution is 5.74. The lowest BCUT2D eigenvalue weighted by Gasteiger charge is -2.36.